The third kappa shape index (κ3) is 4.51. The Labute approximate surface area is 208 Å². The first kappa shape index (κ1) is 25.5. The van der Waals surface area contributed by atoms with Crippen molar-refractivity contribution in [3.63, 3.8) is 0 Å². The average Bonchev–Trinajstić information content (AvgIpc) is 2.85. The molecule has 3 N–H and O–H groups in total. The van der Waals surface area contributed by atoms with Crippen LogP contribution in [0.5, 0.6) is 0 Å². The summed E-state index contributed by atoms with van der Waals surface area (Å²) in [6, 6.07) is 4.78. The van der Waals surface area contributed by atoms with Gasteiger partial charge >= 0.3 is 11.1 Å². The molecule has 3 aromatic rings. The largest absolute Gasteiger partial charge is 0.385 e. The molecular formula is C22H24ClF2N7O4. The lowest BCUT2D eigenvalue weighted by molar-refractivity contribution is -0.149. The number of hydrogen-bond acceptors (Lipinski definition) is 8. The van der Waals surface area contributed by atoms with Gasteiger partial charge in [-0.2, -0.15) is 4.98 Å². The van der Waals surface area contributed by atoms with Gasteiger partial charge in [0.25, 0.3) is 5.92 Å². The van der Waals surface area contributed by atoms with Crippen LogP contribution >= 0.6 is 11.6 Å². The summed E-state index contributed by atoms with van der Waals surface area (Å²) in [7, 11) is 2.87. The molecular weight excluding hydrogens is 500 g/mol. The Morgan fingerprint density at radius 3 is 2.64 bits per heavy atom. The molecule has 3 heterocycles. The number of nitrogens with zero attached hydrogens (tertiary/aromatic N) is 5. The van der Waals surface area contributed by atoms with Crippen LogP contribution in [0.15, 0.2) is 34.0 Å². The van der Waals surface area contributed by atoms with Crippen molar-refractivity contribution in [1.29, 1.82) is 0 Å². The summed E-state index contributed by atoms with van der Waals surface area (Å²) in [6.07, 6.45) is -0.566. The predicted octanol–water partition coefficient (Wildman–Crippen LogP) is 1.09. The lowest BCUT2D eigenvalue weighted by Crippen LogP contribution is -2.56. The number of carbonyl (C=O) groups excluding carboxylic acids is 1. The van der Waals surface area contributed by atoms with Gasteiger partial charge in [0.2, 0.25) is 11.9 Å². The van der Waals surface area contributed by atoms with Crippen LogP contribution in [-0.2, 0) is 18.4 Å². The number of rotatable bonds is 5. The second-order valence-corrected chi connectivity index (χ2v) is 9.03. The number of alkyl halides is 2. The first-order valence-corrected chi connectivity index (χ1v) is 11.4. The van der Waals surface area contributed by atoms with Gasteiger partial charge < -0.3 is 25.2 Å². The zero-order valence-corrected chi connectivity index (χ0v) is 20.4. The number of aromatic nitrogens is 4. The molecule has 11 nitrogen and oxygen atoms in total. The standard InChI is InChI=1S/C22H24ClF2N7O4/c1-11-8-31(9-16(33)22(11,24)25)21-27-7-13(23)18(29-21)28-12-4-5-14-15(6-12)32(10-17(34)26-2)20(36)19(35)30(14)3/h4-7,11,16,33H,8-10H2,1-3H3,(H,26,34)(H,27,28,29)/t11-,16+/m0/s1. The van der Waals surface area contributed by atoms with Gasteiger partial charge in [-0.05, 0) is 18.2 Å². The maximum Gasteiger partial charge on any atom is 0.317 e. The summed E-state index contributed by atoms with van der Waals surface area (Å²) in [5, 5.41) is 15.5. The van der Waals surface area contributed by atoms with Gasteiger partial charge in [0.1, 0.15) is 17.7 Å². The minimum atomic E-state index is -3.22. The zero-order valence-electron chi connectivity index (χ0n) is 19.6. The molecule has 4 rings (SSSR count). The number of fused-ring (bicyclic) bond motifs is 1. The van der Waals surface area contributed by atoms with Crippen molar-refractivity contribution in [2.24, 2.45) is 13.0 Å². The molecule has 0 bridgehead atoms. The number of nitrogens with one attached hydrogen (secondary N) is 2. The monoisotopic (exact) mass is 523 g/mol. The van der Waals surface area contributed by atoms with Crippen LogP contribution < -0.4 is 26.7 Å². The van der Waals surface area contributed by atoms with Gasteiger partial charge in [0, 0.05) is 32.2 Å². The summed E-state index contributed by atoms with van der Waals surface area (Å²) >= 11 is 6.27. The molecule has 2 atom stereocenters. The van der Waals surface area contributed by atoms with Gasteiger partial charge in [-0.25, -0.2) is 13.8 Å². The number of likely N-dealkylation sites (N-methyl/N-ethyl adjacent to an activating group) is 1. The number of β-amino-alcohol motifs (C(OH)–C–C–N with tert-alkyl or cyclic N) is 1. The summed E-state index contributed by atoms with van der Waals surface area (Å²) in [4.78, 5) is 46.8. The fourth-order valence-corrected chi connectivity index (χ4v) is 4.18. The molecule has 14 heteroatoms. The van der Waals surface area contributed by atoms with Crippen molar-refractivity contribution in [2.75, 3.05) is 30.4 Å². The molecule has 1 saturated heterocycles. The van der Waals surface area contributed by atoms with Crippen molar-refractivity contribution in [3.05, 3.63) is 50.1 Å². The highest BCUT2D eigenvalue weighted by molar-refractivity contribution is 6.32. The third-order valence-corrected chi connectivity index (χ3v) is 6.48. The molecule has 1 aliphatic heterocycles. The molecule has 0 aliphatic carbocycles. The van der Waals surface area contributed by atoms with Gasteiger partial charge in [-0.3, -0.25) is 19.0 Å². The quantitative estimate of drug-likeness (QED) is 0.423. The van der Waals surface area contributed by atoms with E-state index in [-0.39, 0.29) is 36.4 Å². The van der Waals surface area contributed by atoms with Crippen LogP contribution in [0.4, 0.5) is 26.2 Å². The Hall–Kier alpha value is -3.58. The maximum atomic E-state index is 14.0. The number of aryl methyl sites for hydroxylation is 1. The summed E-state index contributed by atoms with van der Waals surface area (Å²) < 4.78 is 30.3. The first-order valence-electron chi connectivity index (χ1n) is 11.0. The molecule has 1 aliphatic rings. The van der Waals surface area contributed by atoms with Crippen LogP contribution in [0, 0.1) is 5.92 Å². The van der Waals surface area contributed by atoms with E-state index < -0.39 is 35.0 Å². The Balaban J connectivity index is 1.71. The van der Waals surface area contributed by atoms with E-state index in [0.29, 0.717) is 16.7 Å². The Bertz CT molecular complexity index is 1440. The van der Waals surface area contributed by atoms with Crippen LogP contribution in [0.25, 0.3) is 11.0 Å². The number of amides is 1. The van der Waals surface area contributed by atoms with E-state index in [9.17, 15) is 28.3 Å². The highest BCUT2D eigenvalue weighted by Gasteiger charge is 2.49. The number of carbonyl (C=O) groups is 1. The van der Waals surface area contributed by atoms with E-state index in [1.54, 1.807) is 18.2 Å². The van der Waals surface area contributed by atoms with Crippen LogP contribution in [-0.4, -0.2) is 62.3 Å². The Kier molecular flexibility index (Phi) is 6.71. The van der Waals surface area contributed by atoms with E-state index in [0.717, 1.165) is 4.57 Å². The topological polar surface area (TPSA) is 134 Å². The smallest absolute Gasteiger partial charge is 0.317 e. The first-order chi connectivity index (χ1) is 16.9. The van der Waals surface area contributed by atoms with E-state index in [1.165, 1.54) is 36.7 Å². The summed E-state index contributed by atoms with van der Waals surface area (Å²) in [5.74, 6) is -4.55. The Morgan fingerprint density at radius 1 is 1.25 bits per heavy atom. The molecule has 1 amide bonds. The minimum Gasteiger partial charge on any atom is -0.385 e. The summed E-state index contributed by atoms with van der Waals surface area (Å²) in [6.45, 7) is 0.560. The van der Waals surface area contributed by atoms with Crippen molar-refractivity contribution < 1.29 is 18.7 Å². The minimum absolute atomic E-state index is 0.0685. The fourth-order valence-electron chi connectivity index (χ4n) is 4.04. The van der Waals surface area contributed by atoms with Gasteiger partial charge in [-0.1, -0.05) is 18.5 Å². The molecule has 0 radical (unpaired) electrons. The predicted molar refractivity (Wildman–Crippen MR) is 130 cm³/mol. The maximum absolute atomic E-state index is 14.0. The van der Waals surface area contributed by atoms with Crippen LogP contribution in [0.1, 0.15) is 6.92 Å². The van der Waals surface area contributed by atoms with Crippen molar-refractivity contribution in [1.82, 2.24) is 24.4 Å². The zero-order chi connectivity index (χ0) is 26.4. The SMILES string of the molecule is CNC(=O)Cn1c(=O)c(=O)n(C)c2ccc(Nc3nc(N4C[C@@H](O)C(F)(F)[C@@H](C)C4)ncc3Cl)cc21. The second-order valence-electron chi connectivity index (χ2n) is 8.62. The van der Waals surface area contributed by atoms with Crippen molar-refractivity contribution in [2.45, 2.75) is 25.5 Å². The number of piperidine rings is 1. The number of aliphatic hydroxyl groups is 1. The molecule has 2 aromatic heterocycles. The Morgan fingerprint density at radius 2 is 1.97 bits per heavy atom. The van der Waals surface area contributed by atoms with Crippen molar-refractivity contribution >= 4 is 46.0 Å². The fraction of sp³-hybridized carbons (Fsp3) is 0.409. The van der Waals surface area contributed by atoms with E-state index in [4.69, 9.17) is 11.6 Å². The van der Waals surface area contributed by atoms with Crippen LogP contribution in [0.3, 0.4) is 0 Å². The molecule has 0 saturated carbocycles. The molecule has 36 heavy (non-hydrogen) atoms. The average molecular weight is 524 g/mol. The van der Waals surface area contributed by atoms with Crippen molar-refractivity contribution in [3.8, 4) is 0 Å². The second kappa shape index (κ2) is 9.47. The summed E-state index contributed by atoms with van der Waals surface area (Å²) in [5.41, 5.74) is -0.477. The number of anilines is 3. The van der Waals surface area contributed by atoms with Gasteiger partial charge in [0.05, 0.1) is 23.8 Å². The van der Waals surface area contributed by atoms with E-state index in [1.807, 2.05) is 0 Å². The lowest BCUT2D eigenvalue weighted by atomic mass is 9.93. The lowest BCUT2D eigenvalue weighted by Gasteiger charge is -2.40. The van der Waals surface area contributed by atoms with E-state index >= 15 is 0 Å². The number of aliphatic hydroxyl groups excluding tert-OH is 1. The molecule has 192 valence electrons. The number of halogens is 3. The van der Waals surface area contributed by atoms with E-state index in [2.05, 4.69) is 20.6 Å². The number of benzene rings is 1. The normalized spacial score (nSPS) is 19.4. The van der Waals surface area contributed by atoms with Crippen LogP contribution in [0.2, 0.25) is 5.02 Å². The van der Waals surface area contributed by atoms with Gasteiger partial charge in [-0.15, -0.1) is 0 Å². The van der Waals surface area contributed by atoms with Gasteiger partial charge in [0.15, 0.2) is 5.82 Å². The highest BCUT2D eigenvalue weighted by atomic mass is 35.5. The molecule has 1 aromatic carbocycles. The molecule has 0 unspecified atom stereocenters. The molecule has 0 spiro atoms. The number of hydrogen-bond donors (Lipinski definition) is 3. The third-order valence-electron chi connectivity index (χ3n) is 6.21. The molecule has 1 fully saturated rings. The highest BCUT2D eigenvalue weighted by Crippen LogP contribution is 2.35.